The van der Waals surface area contributed by atoms with E-state index in [1.165, 1.54) is 0 Å². The maximum absolute atomic E-state index is 12.1. The summed E-state index contributed by atoms with van der Waals surface area (Å²) in [6.07, 6.45) is 2.60. The summed E-state index contributed by atoms with van der Waals surface area (Å²) in [5.41, 5.74) is 0.519. The van der Waals surface area contributed by atoms with Crippen molar-refractivity contribution in [2.24, 2.45) is 0 Å². The molecule has 0 aliphatic heterocycles. The number of halogens is 1. The van der Waals surface area contributed by atoms with Gasteiger partial charge < -0.3 is 4.90 Å². The van der Waals surface area contributed by atoms with Crippen molar-refractivity contribution in [2.45, 2.75) is 26.3 Å². The molecule has 0 fully saturated rings. The van der Waals surface area contributed by atoms with Gasteiger partial charge in [-0.15, -0.1) is 0 Å². The molecule has 1 aromatic rings. The number of rotatable bonds is 5. The molecule has 1 rings (SSSR count). The summed E-state index contributed by atoms with van der Waals surface area (Å²) in [5, 5.41) is 0.908. The van der Waals surface area contributed by atoms with Crippen LogP contribution in [0.3, 0.4) is 0 Å². The van der Waals surface area contributed by atoms with Gasteiger partial charge in [-0.2, -0.15) is 0 Å². The van der Waals surface area contributed by atoms with Crippen LogP contribution in [0.1, 0.15) is 30.8 Å². The Morgan fingerprint density at radius 2 is 2.25 bits per heavy atom. The molecule has 0 unspecified atom stereocenters. The third kappa shape index (κ3) is 3.59. The highest BCUT2D eigenvalue weighted by atomic mass is 79.9. The highest BCUT2D eigenvalue weighted by molar-refractivity contribution is 9.09. The monoisotopic (exact) mass is 284 g/mol. The van der Waals surface area contributed by atoms with Crippen LogP contribution in [0.2, 0.25) is 0 Å². The van der Waals surface area contributed by atoms with E-state index in [0.717, 1.165) is 18.3 Å². The van der Waals surface area contributed by atoms with Crippen molar-refractivity contribution in [3.8, 4) is 0 Å². The molecule has 1 aromatic heterocycles. The Morgan fingerprint density at radius 3 is 2.75 bits per heavy atom. The standard InChI is InChI=1S/C12H17BrN2O/c1-10(2)15(9-5-7-13)12(16)11-6-3-4-8-14-11/h3-4,6,8,10H,5,7,9H2,1-2H3. The summed E-state index contributed by atoms with van der Waals surface area (Å²) in [7, 11) is 0. The van der Waals surface area contributed by atoms with E-state index in [1.54, 1.807) is 12.3 Å². The molecule has 0 aromatic carbocycles. The molecule has 88 valence electrons. The van der Waals surface area contributed by atoms with Crippen LogP contribution in [0.4, 0.5) is 0 Å². The fourth-order valence-corrected chi connectivity index (χ4v) is 1.71. The zero-order chi connectivity index (χ0) is 12.0. The summed E-state index contributed by atoms with van der Waals surface area (Å²) in [6, 6.07) is 5.61. The highest BCUT2D eigenvalue weighted by Gasteiger charge is 2.18. The van der Waals surface area contributed by atoms with Gasteiger partial charge in [0.05, 0.1) is 0 Å². The van der Waals surface area contributed by atoms with E-state index in [0.29, 0.717) is 5.69 Å². The average molecular weight is 285 g/mol. The topological polar surface area (TPSA) is 33.2 Å². The van der Waals surface area contributed by atoms with Crippen molar-refractivity contribution < 1.29 is 4.79 Å². The van der Waals surface area contributed by atoms with Crippen molar-refractivity contribution in [2.75, 3.05) is 11.9 Å². The van der Waals surface area contributed by atoms with Gasteiger partial charge >= 0.3 is 0 Å². The van der Waals surface area contributed by atoms with E-state index < -0.39 is 0 Å². The van der Waals surface area contributed by atoms with Crippen LogP contribution in [0, 0.1) is 0 Å². The van der Waals surface area contributed by atoms with Crippen LogP contribution in [0.25, 0.3) is 0 Å². The number of carbonyl (C=O) groups is 1. The maximum Gasteiger partial charge on any atom is 0.272 e. The van der Waals surface area contributed by atoms with E-state index in [-0.39, 0.29) is 11.9 Å². The Hall–Kier alpha value is -0.900. The lowest BCUT2D eigenvalue weighted by Gasteiger charge is -2.26. The lowest BCUT2D eigenvalue weighted by atomic mass is 10.2. The zero-order valence-corrected chi connectivity index (χ0v) is 11.3. The first-order valence-corrected chi connectivity index (χ1v) is 6.57. The van der Waals surface area contributed by atoms with Crippen molar-refractivity contribution in [3.63, 3.8) is 0 Å². The van der Waals surface area contributed by atoms with E-state index in [1.807, 2.05) is 30.9 Å². The van der Waals surface area contributed by atoms with Gasteiger partial charge in [-0.05, 0) is 32.4 Å². The van der Waals surface area contributed by atoms with E-state index >= 15 is 0 Å². The largest absolute Gasteiger partial charge is 0.335 e. The summed E-state index contributed by atoms with van der Waals surface area (Å²) in [5.74, 6) is 0.0107. The number of aromatic nitrogens is 1. The molecular weight excluding hydrogens is 268 g/mol. The van der Waals surface area contributed by atoms with Gasteiger partial charge in [0.25, 0.3) is 5.91 Å². The molecule has 0 radical (unpaired) electrons. The predicted octanol–water partition coefficient (Wildman–Crippen LogP) is 2.72. The molecular formula is C12H17BrN2O. The summed E-state index contributed by atoms with van der Waals surface area (Å²) in [6.45, 7) is 4.81. The van der Waals surface area contributed by atoms with Crippen molar-refractivity contribution >= 4 is 21.8 Å². The first-order chi connectivity index (χ1) is 7.66. The number of hydrogen-bond acceptors (Lipinski definition) is 2. The molecule has 0 saturated heterocycles. The second kappa shape index (κ2) is 6.63. The smallest absolute Gasteiger partial charge is 0.272 e. The van der Waals surface area contributed by atoms with E-state index in [2.05, 4.69) is 20.9 Å². The number of alkyl halides is 1. The quantitative estimate of drug-likeness (QED) is 0.779. The molecule has 0 spiro atoms. The summed E-state index contributed by atoms with van der Waals surface area (Å²) >= 11 is 3.38. The highest BCUT2D eigenvalue weighted by Crippen LogP contribution is 2.07. The van der Waals surface area contributed by atoms with Gasteiger partial charge in [0, 0.05) is 24.1 Å². The van der Waals surface area contributed by atoms with E-state index in [4.69, 9.17) is 0 Å². The molecule has 16 heavy (non-hydrogen) atoms. The number of pyridine rings is 1. The molecule has 0 aliphatic carbocycles. The summed E-state index contributed by atoms with van der Waals surface area (Å²) in [4.78, 5) is 18.1. The van der Waals surface area contributed by atoms with Crippen molar-refractivity contribution in [3.05, 3.63) is 30.1 Å². The second-order valence-electron chi connectivity index (χ2n) is 3.85. The molecule has 0 saturated carbocycles. The molecule has 4 heteroatoms. The van der Waals surface area contributed by atoms with Crippen molar-refractivity contribution in [1.82, 2.24) is 9.88 Å². The molecule has 1 heterocycles. The van der Waals surface area contributed by atoms with E-state index in [9.17, 15) is 4.79 Å². The Kier molecular flexibility index (Phi) is 5.46. The number of hydrogen-bond donors (Lipinski definition) is 0. The minimum absolute atomic E-state index is 0.0107. The normalized spacial score (nSPS) is 10.5. The van der Waals surface area contributed by atoms with Gasteiger partial charge in [-0.25, -0.2) is 0 Å². The molecule has 0 aliphatic rings. The SMILES string of the molecule is CC(C)N(CCCBr)C(=O)c1ccccn1. The molecule has 0 bridgehead atoms. The fourth-order valence-electron chi connectivity index (χ4n) is 1.46. The minimum atomic E-state index is 0.0107. The predicted molar refractivity (Wildman–Crippen MR) is 68.8 cm³/mol. The molecule has 0 N–H and O–H groups in total. The Balaban J connectivity index is 2.75. The first-order valence-electron chi connectivity index (χ1n) is 5.44. The Morgan fingerprint density at radius 1 is 1.50 bits per heavy atom. The van der Waals surface area contributed by atoms with Crippen LogP contribution in [0.5, 0.6) is 0 Å². The fraction of sp³-hybridized carbons (Fsp3) is 0.500. The van der Waals surface area contributed by atoms with Gasteiger partial charge in [0.2, 0.25) is 0 Å². The van der Waals surface area contributed by atoms with Gasteiger partial charge in [-0.3, -0.25) is 9.78 Å². The average Bonchev–Trinajstić information content (AvgIpc) is 2.30. The number of nitrogens with zero attached hydrogens (tertiary/aromatic N) is 2. The van der Waals surface area contributed by atoms with Crippen LogP contribution < -0.4 is 0 Å². The van der Waals surface area contributed by atoms with Gasteiger partial charge in [0.1, 0.15) is 5.69 Å². The van der Waals surface area contributed by atoms with Gasteiger partial charge in [0.15, 0.2) is 0 Å². The van der Waals surface area contributed by atoms with Crippen LogP contribution >= 0.6 is 15.9 Å². The second-order valence-corrected chi connectivity index (χ2v) is 4.64. The Labute approximate surface area is 105 Å². The van der Waals surface area contributed by atoms with Crippen LogP contribution in [-0.2, 0) is 0 Å². The van der Waals surface area contributed by atoms with Gasteiger partial charge in [-0.1, -0.05) is 22.0 Å². The minimum Gasteiger partial charge on any atom is -0.335 e. The molecule has 0 atom stereocenters. The lowest BCUT2D eigenvalue weighted by molar-refractivity contribution is 0.0700. The van der Waals surface area contributed by atoms with Crippen LogP contribution in [0.15, 0.2) is 24.4 Å². The van der Waals surface area contributed by atoms with Crippen LogP contribution in [-0.4, -0.2) is 33.7 Å². The lowest BCUT2D eigenvalue weighted by Crippen LogP contribution is -2.38. The number of amides is 1. The Bertz CT molecular complexity index is 327. The third-order valence-electron chi connectivity index (χ3n) is 2.30. The number of carbonyl (C=O) groups excluding carboxylic acids is 1. The summed E-state index contributed by atoms with van der Waals surface area (Å²) < 4.78 is 0. The maximum atomic E-state index is 12.1. The zero-order valence-electron chi connectivity index (χ0n) is 9.69. The molecule has 3 nitrogen and oxygen atoms in total. The molecule has 1 amide bonds. The van der Waals surface area contributed by atoms with Crippen molar-refractivity contribution in [1.29, 1.82) is 0 Å². The third-order valence-corrected chi connectivity index (χ3v) is 2.86. The first kappa shape index (κ1) is 13.2.